The monoisotopic (exact) mass is 277 g/mol. The van der Waals surface area contributed by atoms with Gasteiger partial charge in [-0.15, -0.1) is 0 Å². The molecule has 0 amide bonds. The number of rotatable bonds is 5. The Bertz CT molecular complexity index is 586. The molecule has 1 unspecified atom stereocenters. The summed E-state index contributed by atoms with van der Waals surface area (Å²) in [5.41, 5.74) is 1.35. The second-order valence-electron chi connectivity index (χ2n) is 4.59. The predicted molar refractivity (Wildman–Crippen MR) is 74.6 cm³/mol. The Kier molecular flexibility index (Phi) is 4.69. The van der Waals surface area contributed by atoms with E-state index < -0.39 is 0 Å². The average molecular weight is 277 g/mol. The molecule has 4 heteroatoms. The molecule has 106 valence electrons. The first-order valence-corrected chi connectivity index (χ1v) is 6.42. The standard InChI is InChI=1S/C16H17F2NO/c1-11(12-5-3-7-14(17)9-12)19-10-13-6-4-8-15(20-2)16(13)18/h3-9,11,19H,10H2,1-2H3. The Morgan fingerprint density at radius 1 is 1.15 bits per heavy atom. The van der Waals surface area contributed by atoms with Gasteiger partial charge in [0.1, 0.15) is 5.82 Å². The van der Waals surface area contributed by atoms with Crippen molar-refractivity contribution in [3.63, 3.8) is 0 Å². The summed E-state index contributed by atoms with van der Waals surface area (Å²) in [6.45, 7) is 2.26. The molecule has 0 saturated heterocycles. The number of halogens is 2. The van der Waals surface area contributed by atoms with Gasteiger partial charge in [0.2, 0.25) is 0 Å². The molecule has 20 heavy (non-hydrogen) atoms. The Morgan fingerprint density at radius 2 is 1.90 bits per heavy atom. The van der Waals surface area contributed by atoms with Gasteiger partial charge >= 0.3 is 0 Å². The molecule has 0 aliphatic carbocycles. The molecular weight excluding hydrogens is 260 g/mol. The fourth-order valence-corrected chi connectivity index (χ4v) is 2.01. The molecule has 0 aliphatic heterocycles. The van der Waals surface area contributed by atoms with Crippen molar-refractivity contribution >= 4 is 0 Å². The van der Waals surface area contributed by atoms with Crippen molar-refractivity contribution in [3.8, 4) is 5.75 Å². The van der Waals surface area contributed by atoms with Crippen LogP contribution in [-0.4, -0.2) is 7.11 Å². The lowest BCUT2D eigenvalue weighted by Crippen LogP contribution is -2.19. The van der Waals surface area contributed by atoms with E-state index in [1.807, 2.05) is 13.0 Å². The fourth-order valence-electron chi connectivity index (χ4n) is 2.01. The molecule has 0 aromatic heterocycles. The smallest absolute Gasteiger partial charge is 0.169 e. The molecule has 0 saturated carbocycles. The maximum Gasteiger partial charge on any atom is 0.169 e. The second kappa shape index (κ2) is 6.48. The molecule has 2 aromatic rings. The van der Waals surface area contributed by atoms with Crippen LogP contribution in [0.4, 0.5) is 8.78 Å². The number of hydrogen-bond acceptors (Lipinski definition) is 2. The summed E-state index contributed by atoms with van der Waals surface area (Å²) >= 11 is 0. The van der Waals surface area contributed by atoms with E-state index in [0.717, 1.165) is 5.56 Å². The molecule has 0 bridgehead atoms. The van der Waals surface area contributed by atoms with Crippen LogP contribution in [0.25, 0.3) is 0 Å². The van der Waals surface area contributed by atoms with E-state index in [-0.39, 0.29) is 23.4 Å². The molecule has 1 atom stereocenters. The third-order valence-corrected chi connectivity index (χ3v) is 3.21. The van der Waals surface area contributed by atoms with Gasteiger partial charge in [-0.2, -0.15) is 0 Å². The zero-order valence-electron chi connectivity index (χ0n) is 11.5. The highest BCUT2D eigenvalue weighted by Crippen LogP contribution is 2.21. The molecule has 2 rings (SSSR count). The first-order valence-electron chi connectivity index (χ1n) is 6.42. The summed E-state index contributed by atoms with van der Waals surface area (Å²) < 4.78 is 32.1. The Labute approximate surface area is 117 Å². The number of nitrogens with one attached hydrogen (secondary N) is 1. The van der Waals surface area contributed by atoms with Gasteiger partial charge in [0.15, 0.2) is 11.6 Å². The summed E-state index contributed by atoms with van der Waals surface area (Å²) in [4.78, 5) is 0. The number of benzene rings is 2. The van der Waals surface area contributed by atoms with Crippen LogP contribution in [0.3, 0.4) is 0 Å². The fraction of sp³-hybridized carbons (Fsp3) is 0.250. The van der Waals surface area contributed by atoms with Gasteiger partial charge in [0, 0.05) is 18.2 Å². The van der Waals surface area contributed by atoms with Crippen LogP contribution >= 0.6 is 0 Å². The van der Waals surface area contributed by atoms with E-state index in [1.54, 1.807) is 24.3 Å². The third kappa shape index (κ3) is 3.33. The lowest BCUT2D eigenvalue weighted by molar-refractivity contribution is 0.382. The number of hydrogen-bond donors (Lipinski definition) is 1. The molecule has 0 spiro atoms. The lowest BCUT2D eigenvalue weighted by Gasteiger charge is -2.15. The zero-order valence-corrected chi connectivity index (χ0v) is 11.5. The largest absolute Gasteiger partial charge is 0.494 e. The van der Waals surface area contributed by atoms with Crippen LogP contribution in [0.15, 0.2) is 42.5 Å². The molecule has 1 N–H and O–H groups in total. The summed E-state index contributed by atoms with van der Waals surface area (Å²) in [6, 6.07) is 11.3. The van der Waals surface area contributed by atoms with Crippen LogP contribution in [0, 0.1) is 11.6 Å². The number of methoxy groups -OCH3 is 1. The van der Waals surface area contributed by atoms with Gasteiger partial charge in [-0.3, -0.25) is 0 Å². The average Bonchev–Trinajstić information content (AvgIpc) is 2.46. The van der Waals surface area contributed by atoms with E-state index in [2.05, 4.69) is 5.32 Å². The van der Waals surface area contributed by atoms with Crippen molar-refractivity contribution in [2.45, 2.75) is 19.5 Å². The summed E-state index contributed by atoms with van der Waals surface area (Å²) in [5.74, 6) is -0.416. The minimum atomic E-state index is -0.367. The van der Waals surface area contributed by atoms with Crippen LogP contribution < -0.4 is 10.1 Å². The maximum absolute atomic E-state index is 14.0. The van der Waals surface area contributed by atoms with Crippen LogP contribution in [0.5, 0.6) is 5.75 Å². The van der Waals surface area contributed by atoms with Gasteiger partial charge in [-0.1, -0.05) is 24.3 Å². The molecular formula is C16H17F2NO. The topological polar surface area (TPSA) is 21.3 Å². The van der Waals surface area contributed by atoms with E-state index in [1.165, 1.54) is 19.2 Å². The van der Waals surface area contributed by atoms with Crippen molar-refractivity contribution in [1.82, 2.24) is 5.32 Å². The lowest BCUT2D eigenvalue weighted by atomic mass is 10.1. The summed E-state index contributed by atoms with van der Waals surface area (Å²) in [7, 11) is 1.44. The quantitative estimate of drug-likeness (QED) is 0.897. The Morgan fingerprint density at radius 3 is 2.60 bits per heavy atom. The van der Waals surface area contributed by atoms with E-state index in [0.29, 0.717) is 12.1 Å². The highest BCUT2D eigenvalue weighted by molar-refractivity contribution is 5.31. The first-order chi connectivity index (χ1) is 9.61. The highest BCUT2D eigenvalue weighted by atomic mass is 19.1. The first kappa shape index (κ1) is 14.5. The van der Waals surface area contributed by atoms with E-state index >= 15 is 0 Å². The SMILES string of the molecule is COc1cccc(CNC(C)c2cccc(F)c2)c1F. The van der Waals surface area contributed by atoms with Crippen LogP contribution in [0.2, 0.25) is 0 Å². The molecule has 2 aromatic carbocycles. The van der Waals surface area contributed by atoms with Crippen LogP contribution in [-0.2, 0) is 6.54 Å². The molecule has 0 heterocycles. The summed E-state index contributed by atoms with van der Waals surface area (Å²) in [5, 5.41) is 3.17. The molecule has 0 radical (unpaired) electrons. The predicted octanol–water partition coefficient (Wildman–Crippen LogP) is 3.82. The van der Waals surface area contributed by atoms with Crippen molar-refractivity contribution in [3.05, 3.63) is 65.2 Å². The Balaban J connectivity index is 2.05. The van der Waals surface area contributed by atoms with Crippen LogP contribution in [0.1, 0.15) is 24.1 Å². The second-order valence-corrected chi connectivity index (χ2v) is 4.59. The molecule has 0 aliphatic rings. The van der Waals surface area contributed by atoms with Gasteiger partial charge in [-0.25, -0.2) is 8.78 Å². The van der Waals surface area contributed by atoms with Gasteiger partial charge in [0.05, 0.1) is 7.11 Å². The van der Waals surface area contributed by atoms with Crippen molar-refractivity contribution < 1.29 is 13.5 Å². The van der Waals surface area contributed by atoms with Crippen molar-refractivity contribution in [2.24, 2.45) is 0 Å². The zero-order chi connectivity index (χ0) is 14.5. The molecule has 0 fully saturated rings. The maximum atomic E-state index is 14.0. The van der Waals surface area contributed by atoms with Crippen molar-refractivity contribution in [1.29, 1.82) is 0 Å². The summed E-state index contributed by atoms with van der Waals surface area (Å²) in [6.07, 6.45) is 0. The minimum Gasteiger partial charge on any atom is -0.494 e. The third-order valence-electron chi connectivity index (χ3n) is 3.21. The number of ether oxygens (including phenoxy) is 1. The van der Waals surface area contributed by atoms with Gasteiger partial charge < -0.3 is 10.1 Å². The minimum absolute atomic E-state index is 0.0729. The van der Waals surface area contributed by atoms with Crippen molar-refractivity contribution in [2.75, 3.05) is 7.11 Å². The van der Waals surface area contributed by atoms with E-state index in [4.69, 9.17) is 4.74 Å². The van der Waals surface area contributed by atoms with E-state index in [9.17, 15) is 8.78 Å². The highest BCUT2D eigenvalue weighted by Gasteiger charge is 2.10. The Hall–Kier alpha value is -1.94. The van der Waals surface area contributed by atoms with Gasteiger partial charge in [0.25, 0.3) is 0 Å². The van der Waals surface area contributed by atoms with Gasteiger partial charge in [-0.05, 0) is 30.7 Å². The molecule has 2 nitrogen and oxygen atoms in total. The normalized spacial score (nSPS) is 12.2.